The van der Waals surface area contributed by atoms with Crippen LogP contribution in [0.15, 0.2) is 255 Å². The van der Waals surface area contributed by atoms with Gasteiger partial charge in [-0.25, -0.2) is 0 Å². The van der Waals surface area contributed by atoms with Crippen LogP contribution in [0.2, 0.25) is 0 Å². The van der Waals surface area contributed by atoms with Gasteiger partial charge in [-0.1, -0.05) is 206 Å². The average molecular weight is 845 g/mol. The summed E-state index contributed by atoms with van der Waals surface area (Å²) in [4.78, 5) is 2.39. The van der Waals surface area contributed by atoms with Crippen molar-refractivity contribution in [3.05, 3.63) is 260 Å². The molecule has 0 saturated heterocycles. The third kappa shape index (κ3) is 7.33. The van der Waals surface area contributed by atoms with Crippen LogP contribution in [0.1, 0.15) is 11.8 Å². The van der Waals surface area contributed by atoms with Gasteiger partial charge in [0.05, 0.1) is 5.69 Å². The molecule has 312 valence electrons. The number of nitrogens with zero attached hydrogens (tertiary/aromatic N) is 1. The molecular weight excluding hydrogens is 801 g/mol. The van der Waals surface area contributed by atoms with Crippen LogP contribution in [-0.2, 0) is 0 Å². The van der Waals surface area contributed by atoms with Crippen LogP contribution in [0.4, 0.5) is 22.7 Å². The number of anilines is 4. The number of fused-ring (bicyclic) bond motifs is 4. The molecule has 0 fully saturated rings. The van der Waals surface area contributed by atoms with Crippen molar-refractivity contribution in [2.24, 2.45) is 0 Å². The van der Waals surface area contributed by atoms with Gasteiger partial charge in [0.1, 0.15) is 0 Å². The van der Waals surface area contributed by atoms with Crippen molar-refractivity contribution in [1.29, 1.82) is 0 Å². The van der Waals surface area contributed by atoms with Crippen LogP contribution in [0.5, 0.6) is 5.75 Å². The molecule has 3 heteroatoms. The van der Waals surface area contributed by atoms with E-state index in [-0.39, 0.29) is 6.23 Å². The highest BCUT2D eigenvalue weighted by molar-refractivity contribution is 6.02. The van der Waals surface area contributed by atoms with E-state index in [4.69, 9.17) is 4.74 Å². The topological polar surface area (TPSA) is 24.5 Å². The molecule has 3 nitrogen and oxygen atoms in total. The summed E-state index contributed by atoms with van der Waals surface area (Å²) < 4.78 is 6.83. The number of ether oxygens (including phenoxy) is 1. The van der Waals surface area contributed by atoms with Gasteiger partial charge in [0.15, 0.2) is 12.0 Å². The Bertz CT molecular complexity index is 3510. The van der Waals surface area contributed by atoms with Crippen LogP contribution in [0.3, 0.4) is 0 Å². The molecule has 1 heterocycles. The molecule has 0 radical (unpaired) electrons. The first-order valence-corrected chi connectivity index (χ1v) is 22.6. The van der Waals surface area contributed by atoms with E-state index in [1.165, 1.54) is 49.7 Å². The molecule has 66 heavy (non-hydrogen) atoms. The minimum absolute atomic E-state index is 0.323. The Labute approximate surface area is 385 Å². The lowest BCUT2D eigenvalue weighted by molar-refractivity contribution is 0.262. The van der Waals surface area contributed by atoms with Gasteiger partial charge >= 0.3 is 0 Å². The molecule has 1 aliphatic heterocycles. The lowest BCUT2D eigenvalue weighted by atomic mass is 9.93. The van der Waals surface area contributed by atoms with Gasteiger partial charge in [0, 0.05) is 33.6 Å². The van der Waals surface area contributed by atoms with Crippen LogP contribution in [0.25, 0.3) is 77.2 Å². The smallest absolute Gasteiger partial charge is 0.196 e. The van der Waals surface area contributed by atoms with E-state index < -0.39 is 0 Å². The summed E-state index contributed by atoms with van der Waals surface area (Å²) in [7, 11) is 0. The average Bonchev–Trinajstić information content (AvgIpc) is 3.86. The molecule has 0 bridgehead atoms. The number of hydrogen-bond donors (Lipinski definition) is 1. The van der Waals surface area contributed by atoms with Crippen molar-refractivity contribution in [3.63, 3.8) is 0 Å². The third-order valence-electron chi connectivity index (χ3n) is 12.9. The molecule has 1 N–H and O–H groups in total. The highest BCUT2D eigenvalue weighted by Crippen LogP contribution is 2.50. The lowest BCUT2D eigenvalue weighted by Gasteiger charge is -2.27. The van der Waals surface area contributed by atoms with Gasteiger partial charge in [-0.15, -0.1) is 0 Å². The van der Waals surface area contributed by atoms with Crippen LogP contribution in [-0.4, -0.2) is 0 Å². The fourth-order valence-corrected chi connectivity index (χ4v) is 9.55. The molecule has 0 saturated carbocycles. The second-order valence-electron chi connectivity index (χ2n) is 16.9. The molecule has 0 amide bonds. The van der Waals surface area contributed by atoms with Crippen molar-refractivity contribution < 1.29 is 4.74 Å². The number of hydrogen-bond acceptors (Lipinski definition) is 3. The highest BCUT2D eigenvalue weighted by atomic mass is 16.5. The Hall–Kier alpha value is -8.66. The van der Waals surface area contributed by atoms with E-state index in [0.29, 0.717) is 0 Å². The Morgan fingerprint density at radius 2 is 0.848 bits per heavy atom. The Morgan fingerprint density at radius 3 is 1.59 bits per heavy atom. The van der Waals surface area contributed by atoms with Gasteiger partial charge in [0.25, 0.3) is 0 Å². The van der Waals surface area contributed by atoms with E-state index >= 15 is 0 Å². The zero-order chi connectivity index (χ0) is 43.8. The summed E-state index contributed by atoms with van der Waals surface area (Å²) in [5.74, 6) is 0.878. The first-order chi connectivity index (χ1) is 32.7. The molecule has 0 spiro atoms. The van der Waals surface area contributed by atoms with E-state index in [9.17, 15) is 0 Å². The summed E-state index contributed by atoms with van der Waals surface area (Å²) >= 11 is 0. The van der Waals surface area contributed by atoms with Crippen LogP contribution >= 0.6 is 0 Å². The minimum atomic E-state index is -0.323. The number of nitrogens with one attached hydrogen (secondary N) is 1. The van der Waals surface area contributed by atoms with Crippen molar-refractivity contribution in [3.8, 4) is 61.4 Å². The predicted molar refractivity (Wildman–Crippen MR) is 277 cm³/mol. The predicted octanol–water partition coefficient (Wildman–Crippen LogP) is 17.3. The summed E-state index contributed by atoms with van der Waals surface area (Å²) in [6, 6.07) is 91.5. The molecule has 1 aliphatic rings. The molecular formula is C63H44N2O. The van der Waals surface area contributed by atoms with Gasteiger partial charge in [-0.05, 0) is 115 Å². The van der Waals surface area contributed by atoms with Crippen LogP contribution in [0, 0.1) is 0 Å². The summed E-state index contributed by atoms with van der Waals surface area (Å²) in [5, 5.41) is 8.49. The SMILES string of the molecule is c1ccc(-c2ccc(C3Nc4c(-c5ccc(N(c6cccc(-c7ccc8ccccc8c7)c6)c6ccc(-c7ccccc7)c(-c7ccccc7)c6)cc5)cc5ccccc5c4O3)cc2)cc1. The summed E-state index contributed by atoms with van der Waals surface area (Å²) in [6.07, 6.45) is -0.323. The van der Waals surface area contributed by atoms with E-state index in [1.54, 1.807) is 0 Å². The standard InChI is InChI=1S/C63H44N2O/c1-4-15-43(16-5-1)45-27-30-49(31-28-45)63-64-61-60(41-53-23-12-13-26-58(53)62(61)66-63)48-33-35-54(36-34-48)65(55-25-14-24-51(40-55)52-32-29-44-17-10-11-22-50(44)39-52)56-37-38-57(46-18-6-2-7-19-46)59(42-56)47-20-8-3-9-21-47/h1-42,63-64H. The highest BCUT2D eigenvalue weighted by Gasteiger charge is 2.29. The van der Waals surface area contributed by atoms with E-state index in [0.717, 1.165) is 61.5 Å². The Balaban J connectivity index is 0.960. The van der Waals surface area contributed by atoms with Crippen LogP contribution < -0.4 is 15.0 Å². The molecule has 0 aromatic heterocycles. The van der Waals surface area contributed by atoms with Crippen molar-refractivity contribution in [2.75, 3.05) is 10.2 Å². The largest absolute Gasteiger partial charge is 0.464 e. The molecule has 12 rings (SSSR count). The zero-order valence-corrected chi connectivity index (χ0v) is 36.2. The second-order valence-corrected chi connectivity index (χ2v) is 16.9. The van der Waals surface area contributed by atoms with Crippen molar-refractivity contribution >= 4 is 44.3 Å². The fourth-order valence-electron chi connectivity index (χ4n) is 9.55. The minimum Gasteiger partial charge on any atom is -0.464 e. The molecule has 11 aromatic rings. The molecule has 1 unspecified atom stereocenters. The maximum absolute atomic E-state index is 6.83. The van der Waals surface area contributed by atoms with Gasteiger partial charge in [-0.3, -0.25) is 0 Å². The lowest BCUT2D eigenvalue weighted by Crippen LogP contribution is -2.10. The molecule has 0 aliphatic carbocycles. The monoisotopic (exact) mass is 844 g/mol. The first kappa shape index (κ1) is 39.0. The number of rotatable bonds is 9. The quantitative estimate of drug-likeness (QED) is 0.157. The van der Waals surface area contributed by atoms with Crippen molar-refractivity contribution in [1.82, 2.24) is 0 Å². The normalized spacial score (nSPS) is 12.9. The maximum atomic E-state index is 6.83. The zero-order valence-electron chi connectivity index (χ0n) is 36.2. The number of benzene rings is 11. The maximum Gasteiger partial charge on any atom is 0.196 e. The Morgan fingerprint density at radius 1 is 0.318 bits per heavy atom. The molecule has 1 atom stereocenters. The van der Waals surface area contributed by atoms with Crippen molar-refractivity contribution in [2.45, 2.75) is 6.23 Å². The van der Waals surface area contributed by atoms with Gasteiger partial charge in [0.2, 0.25) is 0 Å². The van der Waals surface area contributed by atoms with Gasteiger partial charge in [-0.2, -0.15) is 0 Å². The summed E-state index contributed by atoms with van der Waals surface area (Å²) in [6.45, 7) is 0. The summed E-state index contributed by atoms with van der Waals surface area (Å²) in [5.41, 5.74) is 16.9. The van der Waals surface area contributed by atoms with Gasteiger partial charge < -0.3 is 15.0 Å². The molecule has 11 aromatic carbocycles. The van der Waals surface area contributed by atoms with E-state index in [1.807, 2.05) is 0 Å². The fraction of sp³-hybridized carbons (Fsp3) is 0.0159. The third-order valence-corrected chi connectivity index (χ3v) is 12.9. The Kier molecular flexibility index (Phi) is 9.92. The van der Waals surface area contributed by atoms with E-state index in [2.05, 4.69) is 265 Å². The second kappa shape index (κ2) is 16.8. The first-order valence-electron chi connectivity index (χ1n) is 22.6.